The van der Waals surface area contributed by atoms with Gasteiger partial charge in [0.1, 0.15) is 5.69 Å². The highest BCUT2D eigenvalue weighted by atomic mass is 16.3. The number of rotatable bonds is 3. The zero-order valence-corrected chi connectivity index (χ0v) is 11.9. The number of amides is 1. The van der Waals surface area contributed by atoms with Crippen molar-refractivity contribution in [2.75, 3.05) is 12.3 Å². The first-order chi connectivity index (χ1) is 10.1. The molecule has 0 radical (unpaired) electrons. The number of fused-ring (bicyclic) bond motifs is 1. The lowest BCUT2D eigenvalue weighted by Crippen LogP contribution is -2.33. The van der Waals surface area contributed by atoms with E-state index in [4.69, 9.17) is 5.73 Å². The SMILES string of the molecule is Nc1ccc2[nH]c(C(=O)NCC3CCCC(O)C3)cc2c1. The number of aromatic amines is 1. The Morgan fingerprint density at radius 1 is 1.38 bits per heavy atom. The van der Waals surface area contributed by atoms with E-state index in [0.29, 0.717) is 23.8 Å². The maximum atomic E-state index is 12.2. The second-order valence-electron chi connectivity index (χ2n) is 5.93. The predicted molar refractivity (Wildman–Crippen MR) is 83.0 cm³/mol. The molecule has 0 bridgehead atoms. The maximum Gasteiger partial charge on any atom is 0.267 e. The Kier molecular flexibility index (Phi) is 3.84. The first-order valence-electron chi connectivity index (χ1n) is 7.46. The van der Waals surface area contributed by atoms with E-state index in [1.165, 1.54) is 0 Å². The molecule has 2 unspecified atom stereocenters. The number of hydrogen-bond acceptors (Lipinski definition) is 3. The molecular formula is C16H21N3O2. The van der Waals surface area contributed by atoms with Gasteiger partial charge in [-0.1, -0.05) is 6.42 Å². The van der Waals surface area contributed by atoms with E-state index in [9.17, 15) is 9.90 Å². The molecule has 1 heterocycles. The normalized spacial score (nSPS) is 22.3. The molecule has 2 aromatic rings. The molecule has 1 fully saturated rings. The summed E-state index contributed by atoms with van der Waals surface area (Å²) in [4.78, 5) is 15.3. The number of aliphatic hydroxyl groups is 1. The fourth-order valence-corrected chi connectivity index (χ4v) is 3.05. The molecule has 1 aliphatic carbocycles. The number of nitrogen functional groups attached to an aromatic ring is 1. The van der Waals surface area contributed by atoms with Gasteiger partial charge in [-0.2, -0.15) is 0 Å². The van der Waals surface area contributed by atoms with Gasteiger partial charge in [0.15, 0.2) is 0 Å². The molecule has 21 heavy (non-hydrogen) atoms. The molecule has 5 nitrogen and oxygen atoms in total. The smallest absolute Gasteiger partial charge is 0.267 e. The van der Waals surface area contributed by atoms with E-state index in [1.807, 2.05) is 24.3 Å². The number of aromatic nitrogens is 1. The van der Waals surface area contributed by atoms with Crippen LogP contribution in [0.4, 0.5) is 5.69 Å². The topological polar surface area (TPSA) is 91.1 Å². The number of nitrogens with two attached hydrogens (primary N) is 1. The molecule has 1 aliphatic rings. The highest BCUT2D eigenvalue weighted by Gasteiger charge is 2.21. The molecule has 5 heteroatoms. The Hall–Kier alpha value is -2.01. The van der Waals surface area contributed by atoms with Gasteiger partial charge in [-0.05, 0) is 49.4 Å². The van der Waals surface area contributed by atoms with Gasteiger partial charge in [0.2, 0.25) is 0 Å². The van der Waals surface area contributed by atoms with Crippen molar-refractivity contribution in [3.63, 3.8) is 0 Å². The van der Waals surface area contributed by atoms with Gasteiger partial charge in [0.05, 0.1) is 6.10 Å². The molecule has 0 saturated heterocycles. The largest absolute Gasteiger partial charge is 0.399 e. The van der Waals surface area contributed by atoms with Crippen molar-refractivity contribution >= 4 is 22.5 Å². The van der Waals surface area contributed by atoms with Crippen LogP contribution in [0.25, 0.3) is 10.9 Å². The van der Waals surface area contributed by atoms with E-state index in [1.54, 1.807) is 0 Å². The second kappa shape index (κ2) is 5.77. The first-order valence-corrected chi connectivity index (χ1v) is 7.46. The molecule has 0 aliphatic heterocycles. The lowest BCUT2D eigenvalue weighted by atomic mass is 9.87. The summed E-state index contributed by atoms with van der Waals surface area (Å²) >= 11 is 0. The number of nitrogens with one attached hydrogen (secondary N) is 2. The van der Waals surface area contributed by atoms with E-state index in [2.05, 4.69) is 10.3 Å². The van der Waals surface area contributed by atoms with Crippen LogP contribution in [-0.2, 0) is 0 Å². The molecule has 3 rings (SSSR count). The summed E-state index contributed by atoms with van der Waals surface area (Å²) in [6.45, 7) is 0.618. The van der Waals surface area contributed by atoms with Gasteiger partial charge in [-0.3, -0.25) is 4.79 Å². The van der Waals surface area contributed by atoms with Crippen molar-refractivity contribution in [3.05, 3.63) is 30.0 Å². The molecule has 0 spiro atoms. The summed E-state index contributed by atoms with van der Waals surface area (Å²) in [5, 5.41) is 13.5. The average molecular weight is 287 g/mol. The van der Waals surface area contributed by atoms with E-state index >= 15 is 0 Å². The Morgan fingerprint density at radius 3 is 3.05 bits per heavy atom. The zero-order valence-electron chi connectivity index (χ0n) is 11.9. The second-order valence-corrected chi connectivity index (χ2v) is 5.93. The number of carbonyl (C=O) groups is 1. The lowest BCUT2D eigenvalue weighted by molar-refractivity contribution is 0.0871. The van der Waals surface area contributed by atoms with Crippen molar-refractivity contribution in [3.8, 4) is 0 Å². The molecule has 2 atom stereocenters. The number of carbonyl (C=O) groups excluding carboxylic acids is 1. The number of hydrogen-bond donors (Lipinski definition) is 4. The van der Waals surface area contributed by atoms with Crippen LogP contribution in [0.15, 0.2) is 24.3 Å². The van der Waals surface area contributed by atoms with Crippen LogP contribution >= 0.6 is 0 Å². The van der Waals surface area contributed by atoms with Crippen LogP contribution in [-0.4, -0.2) is 28.6 Å². The van der Waals surface area contributed by atoms with Gasteiger partial charge in [-0.25, -0.2) is 0 Å². The van der Waals surface area contributed by atoms with Crippen LogP contribution < -0.4 is 11.1 Å². The number of H-pyrrole nitrogens is 1. The fourth-order valence-electron chi connectivity index (χ4n) is 3.05. The monoisotopic (exact) mass is 287 g/mol. The summed E-state index contributed by atoms with van der Waals surface area (Å²) in [5.74, 6) is 0.266. The summed E-state index contributed by atoms with van der Waals surface area (Å²) in [6.07, 6.45) is 3.56. The molecule has 1 aromatic carbocycles. The molecular weight excluding hydrogens is 266 g/mol. The average Bonchev–Trinajstić information content (AvgIpc) is 2.88. The van der Waals surface area contributed by atoms with E-state index in [-0.39, 0.29) is 12.0 Å². The minimum Gasteiger partial charge on any atom is -0.399 e. The third kappa shape index (κ3) is 3.19. The van der Waals surface area contributed by atoms with Gasteiger partial charge in [-0.15, -0.1) is 0 Å². The Balaban J connectivity index is 1.63. The third-order valence-corrected chi connectivity index (χ3v) is 4.20. The van der Waals surface area contributed by atoms with Gasteiger partial charge >= 0.3 is 0 Å². The fraction of sp³-hybridized carbons (Fsp3) is 0.438. The Morgan fingerprint density at radius 2 is 2.24 bits per heavy atom. The highest BCUT2D eigenvalue weighted by Crippen LogP contribution is 2.23. The van der Waals surface area contributed by atoms with E-state index < -0.39 is 0 Å². The minimum absolute atomic E-state index is 0.107. The maximum absolute atomic E-state index is 12.2. The summed E-state index contributed by atoms with van der Waals surface area (Å²) < 4.78 is 0. The van der Waals surface area contributed by atoms with Gasteiger partial charge in [0.25, 0.3) is 5.91 Å². The van der Waals surface area contributed by atoms with Crippen LogP contribution in [0.2, 0.25) is 0 Å². The van der Waals surface area contributed by atoms with Crippen molar-refractivity contribution in [2.45, 2.75) is 31.8 Å². The molecule has 5 N–H and O–H groups in total. The summed E-state index contributed by atoms with van der Waals surface area (Å²) in [6, 6.07) is 7.35. The molecule has 1 aromatic heterocycles. The molecule has 1 saturated carbocycles. The van der Waals surface area contributed by atoms with Crippen LogP contribution in [0.3, 0.4) is 0 Å². The van der Waals surface area contributed by atoms with Crippen LogP contribution in [0.1, 0.15) is 36.2 Å². The highest BCUT2D eigenvalue weighted by molar-refractivity contribution is 5.98. The Labute approximate surface area is 123 Å². The van der Waals surface area contributed by atoms with Crippen LogP contribution in [0, 0.1) is 5.92 Å². The van der Waals surface area contributed by atoms with Gasteiger partial charge < -0.3 is 21.1 Å². The summed E-state index contributed by atoms with van der Waals surface area (Å²) in [7, 11) is 0. The Bertz CT molecular complexity index is 650. The zero-order chi connectivity index (χ0) is 14.8. The predicted octanol–water partition coefficient (Wildman–Crippen LogP) is 2.03. The quantitative estimate of drug-likeness (QED) is 0.651. The van der Waals surface area contributed by atoms with Crippen molar-refractivity contribution in [2.24, 2.45) is 5.92 Å². The van der Waals surface area contributed by atoms with E-state index in [0.717, 1.165) is 36.6 Å². The van der Waals surface area contributed by atoms with Gasteiger partial charge in [0, 0.05) is 23.1 Å². The van der Waals surface area contributed by atoms with Crippen molar-refractivity contribution in [1.82, 2.24) is 10.3 Å². The van der Waals surface area contributed by atoms with Crippen molar-refractivity contribution in [1.29, 1.82) is 0 Å². The van der Waals surface area contributed by atoms with Crippen molar-refractivity contribution < 1.29 is 9.90 Å². The number of anilines is 1. The lowest BCUT2D eigenvalue weighted by Gasteiger charge is -2.25. The standard InChI is InChI=1S/C16H21N3O2/c17-12-4-5-14-11(7-12)8-15(19-14)16(21)18-9-10-2-1-3-13(20)6-10/h4-5,7-8,10,13,19-20H,1-3,6,9,17H2,(H,18,21). The third-order valence-electron chi connectivity index (χ3n) is 4.20. The number of benzene rings is 1. The van der Waals surface area contributed by atoms with Crippen LogP contribution in [0.5, 0.6) is 0 Å². The first kappa shape index (κ1) is 13.9. The molecule has 112 valence electrons. The minimum atomic E-state index is -0.211. The number of aliphatic hydroxyl groups excluding tert-OH is 1. The molecule has 1 amide bonds. The summed E-state index contributed by atoms with van der Waals surface area (Å²) in [5.41, 5.74) is 7.88.